The van der Waals surface area contributed by atoms with Crippen LogP contribution in [-0.4, -0.2) is 18.4 Å². The molecular formula is C47H26N4. The van der Waals surface area contributed by atoms with Gasteiger partial charge >= 0.3 is 0 Å². The summed E-state index contributed by atoms with van der Waals surface area (Å²) in [6.07, 6.45) is 2.11. The fraction of sp³-hybridized carbons (Fsp3) is 0. The molecule has 0 aliphatic heterocycles. The highest BCUT2D eigenvalue weighted by Gasteiger charge is 2.25. The van der Waals surface area contributed by atoms with Gasteiger partial charge in [-0.1, -0.05) is 115 Å². The lowest BCUT2D eigenvalue weighted by atomic mass is 9.99. The van der Waals surface area contributed by atoms with E-state index in [-0.39, 0.29) is 0 Å². The molecule has 0 aliphatic rings. The minimum Gasteiger partial charge on any atom is -0.309 e. The van der Waals surface area contributed by atoms with Crippen molar-refractivity contribution in [2.75, 3.05) is 0 Å². The van der Waals surface area contributed by atoms with Gasteiger partial charge in [-0.3, -0.25) is 4.40 Å². The predicted octanol–water partition coefficient (Wildman–Crippen LogP) is 12.1. The van der Waals surface area contributed by atoms with Crippen molar-refractivity contribution >= 4 is 98.1 Å². The molecule has 0 saturated heterocycles. The molecule has 0 N–H and O–H groups in total. The number of rotatable bonds is 2. The van der Waals surface area contributed by atoms with Gasteiger partial charge in [0.05, 0.1) is 44.8 Å². The summed E-state index contributed by atoms with van der Waals surface area (Å²) < 4.78 is 7.27. The van der Waals surface area contributed by atoms with Crippen LogP contribution in [0.25, 0.3) is 115 Å². The molecule has 4 nitrogen and oxygen atoms in total. The fourth-order valence-electron chi connectivity index (χ4n) is 9.59. The van der Waals surface area contributed by atoms with Crippen LogP contribution in [0.5, 0.6) is 0 Å². The summed E-state index contributed by atoms with van der Waals surface area (Å²) in [6, 6.07) is 55.5. The molecule has 4 heteroatoms. The molecule has 13 aromatic rings. The topological polar surface area (TPSA) is 26.6 Å². The Morgan fingerprint density at radius 1 is 0.373 bits per heavy atom. The zero-order chi connectivity index (χ0) is 32.9. The number of aromatic nitrogens is 4. The van der Waals surface area contributed by atoms with Gasteiger partial charge in [0, 0.05) is 65.1 Å². The third-order valence-corrected chi connectivity index (χ3v) is 11.5. The number of hydrogen-bond acceptors (Lipinski definition) is 1. The summed E-state index contributed by atoms with van der Waals surface area (Å²) in [7, 11) is 0. The van der Waals surface area contributed by atoms with Crippen LogP contribution in [-0.2, 0) is 0 Å². The van der Waals surface area contributed by atoms with Crippen LogP contribution >= 0.6 is 0 Å². The smallest absolute Gasteiger partial charge is 0.146 e. The Kier molecular flexibility index (Phi) is 4.59. The fourth-order valence-corrected chi connectivity index (χ4v) is 9.59. The molecule has 234 valence electrons. The van der Waals surface area contributed by atoms with Crippen LogP contribution in [0, 0.1) is 0 Å². The maximum atomic E-state index is 5.35. The van der Waals surface area contributed by atoms with Crippen LogP contribution in [0.2, 0.25) is 0 Å². The van der Waals surface area contributed by atoms with Crippen molar-refractivity contribution in [1.29, 1.82) is 0 Å². The van der Waals surface area contributed by atoms with Gasteiger partial charge in [-0.2, -0.15) is 0 Å². The number of fused-ring (bicyclic) bond motifs is 16. The Bertz CT molecular complexity index is 3580. The van der Waals surface area contributed by atoms with E-state index in [1.807, 2.05) is 0 Å². The maximum Gasteiger partial charge on any atom is 0.146 e. The van der Waals surface area contributed by atoms with Crippen molar-refractivity contribution in [2.24, 2.45) is 0 Å². The van der Waals surface area contributed by atoms with Crippen LogP contribution in [0.15, 0.2) is 158 Å². The molecule has 0 unspecified atom stereocenters. The first-order chi connectivity index (χ1) is 25.3. The van der Waals surface area contributed by atoms with Crippen LogP contribution in [0.1, 0.15) is 0 Å². The SMILES string of the molecule is c1ccc(-n2c3ccccc3c3cc(-c4cccc5c6cccc7c8c9c%10cccc%11c%12ccccc%12n(c9cnc8n(c45)c67)c%11%10)ccc32)cc1. The van der Waals surface area contributed by atoms with Gasteiger partial charge in [0.25, 0.3) is 0 Å². The van der Waals surface area contributed by atoms with Crippen LogP contribution < -0.4 is 0 Å². The number of benzene rings is 7. The standard InChI is InChI=1S/C47H26N4/c1-2-11-28(12-3-1)49-38-21-6-5-14-31(38)37-25-27(23-24-40(37)49)29-15-8-17-33-34-18-10-20-36-43-42-35-19-9-16-32-30-13-4-7-22-39(30)50(45(32)35)41(42)26-48-47(43)51(44(29)33)46(34)36/h1-26H. The molecule has 6 aromatic heterocycles. The third kappa shape index (κ3) is 3.02. The van der Waals surface area contributed by atoms with Crippen molar-refractivity contribution in [3.05, 3.63) is 158 Å². The lowest BCUT2D eigenvalue weighted by molar-refractivity contribution is 1.18. The molecule has 0 fully saturated rings. The van der Waals surface area contributed by atoms with Gasteiger partial charge in [0.1, 0.15) is 5.65 Å². The van der Waals surface area contributed by atoms with Crippen molar-refractivity contribution < 1.29 is 0 Å². The molecular weight excluding hydrogens is 621 g/mol. The molecule has 51 heavy (non-hydrogen) atoms. The quantitative estimate of drug-likeness (QED) is 0.184. The van der Waals surface area contributed by atoms with Crippen LogP contribution in [0.4, 0.5) is 0 Å². The van der Waals surface area contributed by atoms with Crippen molar-refractivity contribution in [2.45, 2.75) is 0 Å². The van der Waals surface area contributed by atoms with Crippen LogP contribution in [0.3, 0.4) is 0 Å². The van der Waals surface area contributed by atoms with E-state index in [2.05, 4.69) is 171 Å². The average Bonchev–Trinajstić information content (AvgIpc) is 3.98. The summed E-state index contributed by atoms with van der Waals surface area (Å²) >= 11 is 0. The first kappa shape index (κ1) is 26.0. The molecule has 13 rings (SSSR count). The van der Waals surface area contributed by atoms with E-state index >= 15 is 0 Å². The van der Waals surface area contributed by atoms with Crippen molar-refractivity contribution in [1.82, 2.24) is 18.4 Å². The zero-order valence-electron chi connectivity index (χ0n) is 27.3. The second-order valence-electron chi connectivity index (χ2n) is 13.9. The van der Waals surface area contributed by atoms with Gasteiger partial charge in [-0.05, 0) is 42.0 Å². The Hall–Kier alpha value is -6.91. The monoisotopic (exact) mass is 646 g/mol. The van der Waals surface area contributed by atoms with Gasteiger partial charge < -0.3 is 8.97 Å². The molecule has 0 aliphatic carbocycles. The average molecular weight is 647 g/mol. The summed E-state index contributed by atoms with van der Waals surface area (Å²) in [5, 5.41) is 12.6. The Morgan fingerprint density at radius 3 is 1.78 bits per heavy atom. The maximum absolute atomic E-state index is 5.35. The number of nitrogens with zero attached hydrogens (tertiary/aromatic N) is 4. The van der Waals surface area contributed by atoms with Gasteiger partial charge in [-0.25, -0.2) is 4.98 Å². The van der Waals surface area contributed by atoms with E-state index in [1.54, 1.807) is 0 Å². The zero-order valence-corrected chi connectivity index (χ0v) is 27.3. The van der Waals surface area contributed by atoms with E-state index in [0.29, 0.717) is 0 Å². The normalized spacial score (nSPS) is 12.7. The summed E-state index contributed by atoms with van der Waals surface area (Å²) in [5.41, 5.74) is 13.1. The highest BCUT2D eigenvalue weighted by atomic mass is 15.0. The second kappa shape index (κ2) is 9.00. The summed E-state index contributed by atoms with van der Waals surface area (Å²) in [5.74, 6) is 0. The lowest BCUT2D eigenvalue weighted by Crippen LogP contribution is -1.93. The van der Waals surface area contributed by atoms with E-state index in [4.69, 9.17) is 4.98 Å². The minimum absolute atomic E-state index is 1.01. The summed E-state index contributed by atoms with van der Waals surface area (Å²) in [6.45, 7) is 0. The number of pyridine rings is 1. The second-order valence-corrected chi connectivity index (χ2v) is 13.9. The Balaban J connectivity index is 1.16. The minimum atomic E-state index is 1.01. The van der Waals surface area contributed by atoms with E-state index < -0.39 is 0 Å². The molecule has 0 spiro atoms. The van der Waals surface area contributed by atoms with E-state index in [9.17, 15) is 0 Å². The van der Waals surface area contributed by atoms with Crippen molar-refractivity contribution in [3.63, 3.8) is 0 Å². The van der Waals surface area contributed by atoms with E-state index in [0.717, 1.165) is 11.2 Å². The number of para-hydroxylation sites is 6. The van der Waals surface area contributed by atoms with E-state index in [1.165, 1.54) is 104 Å². The third-order valence-electron chi connectivity index (χ3n) is 11.5. The molecule has 0 atom stereocenters. The Morgan fingerprint density at radius 2 is 0.961 bits per heavy atom. The molecule has 0 radical (unpaired) electrons. The van der Waals surface area contributed by atoms with Gasteiger partial charge in [-0.15, -0.1) is 0 Å². The first-order valence-corrected chi connectivity index (χ1v) is 17.6. The highest BCUT2D eigenvalue weighted by Crippen LogP contribution is 2.47. The predicted molar refractivity (Wildman–Crippen MR) is 213 cm³/mol. The van der Waals surface area contributed by atoms with Gasteiger partial charge in [0.2, 0.25) is 0 Å². The van der Waals surface area contributed by atoms with Crippen molar-refractivity contribution in [3.8, 4) is 16.8 Å². The Labute approximate surface area is 290 Å². The van der Waals surface area contributed by atoms with Gasteiger partial charge in [0.15, 0.2) is 0 Å². The molecule has 7 aromatic carbocycles. The molecule has 0 bridgehead atoms. The highest BCUT2D eigenvalue weighted by molar-refractivity contribution is 6.35. The first-order valence-electron chi connectivity index (χ1n) is 17.6. The molecule has 6 heterocycles. The summed E-state index contributed by atoms with van der Waals surface area (Å²) in [4.78, 5) is 5.35. The molecule has 0 amide bonds. The largest absolute Gasteiger partial charge is 0.309 e. The lowest BCUT2D eigenvalue weighted by Gasteiger charge is -2.09. The number of hydrogen-bond donors (Lipinski definition) is 0. The molecule has 0 saturated carbocycles.